The lowest BCUT2D eigenvalue weighted by atomic mass is 9.92. The average molecular weight is 640 g/mol. The van der Waals surface area contributed by atoms with E-state index in [2.05, 4.69) is 17.2 Å². The topological polar surface area (TPSA) is 122 Å². The molecule has 11 heteroatoms. The monoisotopic (exact) mass is 638 g/mol. The van der Waals surface area contributed by atoms with Crippen molar-refractivity contribution in [1.82, 2.24) is 10.2 Å². The van der Waals surface area contributed by atoms with Crippen LogP contribution in [-0.2, 0) is 27.3 Å². The summed E-state index contributed by atoms with van der Waals surface area (Å²) in [6, 6.07) is 16.8. The second-order valence-electron chi connectivity index (χ2n) is 10.6. The zero-order valence-electron chi connectivity index (χ0n) is 24.0. The number of benzene rings is 3. The Morgan fingerprint density at radius 1 is 0.955 bits per heavy atom. The number of fused-ring (bicyclic) bond motifs is 1. The number of ketones is 1. The minimum absolute atomic E-state index is 0.0127. The molecule has 4 N–H and O–H groups in total. The van der Waals surface area contributed by atoms with E-state index in [1.54, 1.807) is 30.3 Å². The molecule has 0 fully saturated rings. The number of nitrogens with two attached hydrogens (primary N) is 1. The summed E-state index contributed by atoms with van der Waals surface area (Å²) >= 11 is 11.8. The fourth-order valence-electron chi connectivity index (χ4n) is 5.06. The fraction of sp³-hybridized carbons (Fsp3) is 0.273. The first-order valence-corrected chi connectivity index (χ1v) is 14.9. The van der Waals surface area contributed by atoms with Gasteiger partial charge in [0.2, 0.25) is 17.7 Å². The Hall–Kier alpha value is -4.21. The van der Waals surface area contributed by atoms with Crippen molar-refractivity contribution < 1.29 is 23.6 Å². The lowest BCUT2D eigenvalue weighted by Gasteiger charge is -2.37. The van der Waals surface area contributed by atoms with E-state index in [0.717, 1.165) is 11.1 Å². The number of allylic oxidation sites excluding steroid dienone is 1. The van der Waals surface area contributed by atoms with Crippen LogP contribution in [0.15, 0.2) is 79.0 Å². The lowest BCUT2D eigenvalue weighted by Crippen LogP contribution is -2.56. The van der Waals surface area contributed by atoms with E-state index in [-0.39, 0.29) is 59.7 Å². The summed E-state index contributed by atoms with van der Waals surface area (Å²) < 4.78 is 14.7. The number of carbonyl (C=O) groups excluding carboxylic acids is 4. The molecule has 1 heterocycles. The van der Waals surface area contributed by atoms with Crippen LogP contribution < -0.4 is 16.4 Å². The van der Waals surface area contributed by atoms with E-state index in [0.29, 0.717) is 24.1 Å². The average Bonchev–Trinajstić information content (AvgIpc) is 3.02. The molecule has 0 radical (unpaired) electrons. The molecule has 0 aromatic heterocycles. The van der Waals surface area contributed by atoms with Gasteiger partial charge in [0.15, 0.2) is 11.6 Å². The molecular formula is C33H33Cl2FN4O4. The van der Waals surface area contributed by atoms with Crippen molar-refractivity contribution in [3.63, 3.8) is 0 Å². The molecule has 3 amide bonds. The Morgan fingerprint density at radius 2 is 1.64 bits per heavy atom. The van der Waals surface area contributed by atoms with Crippen LogP contribution in [-0.4, -0.2) is 40.5 Å². The Bertz CT molecular complexity index is 1570. The second kappa shape index (κ2) is 15.0. The van der Waals surface area contributed by atoms with Crippen LogP contribution >= 0.6 is 23.2 Å². The minimum Gasteiger partial charge on any atom is -0.403 e. The summed E-state index contributed by atoms with van der Waals surface area (Å²) in [7, 11) is 0. The molecule has 0 saturated carbocycles. The zero-order chi connectivity index (χ0) is 31.8. The van der Waals surface area contributed by atoms with E-state index >= 15 is 0 Å². The van der Waals surface area contributed by atoms with Crippen molar-refractivity contribution in [3.05, 3.63) is 112 Å². The van der Waals surface area contributed by atoms with Crippen molar-refractivity contribution in [3.8, 4) is 0 Å². The number of halogens is 3. The molecule has 4 rings (SSSR count). The van der Waals surface area contributed by atoms with Crippen LogP contribution in [0.5, 0.6) is 0 Å². The number of carbonyl (C=O) groups is 4. The van der Waals surface area contributed by atoms with Crippen LogP contribution in [0.2, 0.25) is 10.0 Å². The van der Waals surface area contributed by atoms with Gasteiger partial charge in [-0.15, -0.1) is 0 Å². The number of nitrogens with zero attached hydrogens (tertiary/aromatic N) is 1. The van der Waals surface area contributed by atoms with Gasteiger partial charge in [0.1, 0.15) is 12.1 Å². The molecule has 230 valence electrons. The van der Waals surface area contributed by atoms with Crippen LogP contribution in [0, 0.1) is 5.82 Å². The zero-order valence-corrected chi connectivity index (χ0v) is 25.5. The minimum atomic E-state index is -1.09. The molecular weight excluding hydrogens is 606 g/mol. The normalized spacial score (nSPS) is 14.7. The number of anilines is 1. The molecule has 3 aromatic carbocycles. The first-order chi connectivity index (χ1) is 21.0. The molecule has 0 saturated heterocycles. The molecule has 3 aromatic rings. The number of Topliss-reactive ketones (excluding diaryl/α,β-unsaturated/α-hetero) is 1. The standard InChI is InChI=1S/C33H33Cl2FN4O4/c1-20(37)8-7-13-26(32(43)38-25-15-14-24(34)30(35)31(25)36)39-33(44)27-18-22-11-5-6-12-23(22)19-40(27)29(42)17-16-28(41)21-9-3-2-4-10-21/h2-6,9-12,14-15,26-27H,1,7-8,13,16-19,37H2,(H,38,43)(H,39,44)/t26?,27-/m0/s1. The van der Waals surface area contributed by atoms with Gasteiger partial charge >= 0.3 is 0 Å². The Labute approximate surface area is 265 Å². The van der Waals surface area contributed by atoms with Gasteiger partial charge < -0.3 is 21.3 Å². The summed E-state index contributed by atoms with van der Waals surface area (Å²) in [4.78, 5) is 54.8. The highest BCUT2D eigenvalue weighted by molar-refractivity contribution is 6.42. The molecule has 1 aliphatic heterocycles. The number of hydrogen-bond acceptors (Lipinski definition) is 5. The quantitative estimate of drug-likeness (QED) is 0.171. The van der Waals surface area contributed by atoms with Crippen molar-refractivity contribution >= 4 is 52.4 Å². The van der Waals surface area contributed by atoms with Crippen molar-refractivity contribution in [2.75, 3.05) is 5.32 Å². The van der Waals surface area contributed by atoms with Crippen molar-refractivity contribution in [2.24, 2.45) is 5.73 Å². The summed E-state index contributed by atoms with van der Waals surface area (Å²) in [5.74, 6) is -2.67. The van der Waals surface area contributed by atoms with Crippen molar-refractivity contribution in [1.29, 1.82) is 0 Å². The van der Waals surface area contributed by atoms with Crippen LogP contribution in [0.25, 0.3) is 0 Å². The number of nitrogens with one attached hydrogen (secondary N) is 2. The van der Waals surface area contributed by atoms with E-state index in [4.69, 9.17) is 28.9 Å². The maximum Gasteiger partial charge on any atom is 0.247 e. The van der Waals surface area contributed by atoms with Gasteiger partial charge in [0.05, 0.1) is 15.7 Å². The SMILES string of the molecule is C=C(N)CCCC(NC(=O)[C@@H]1Cc2ccccc2CN1C(=O)CCC(=O)c1ccccc1)C(=O)Nc1ccc(Cl)c(Cl)c1F. The van der Waals surface area contributed by atoms with Gasteiger partial charge in [-0.3, -0.25) is 19.2 Å². The van der Waals surface area contributed by atoms with E-state index in [1.807, 2.05) is 24.3 Å². The summed E-state index contributed by atoms with van der Waals surface area (Å²) in [5.41, 5.74) is 8.22. The summed E-state index contributed by atoms with van der Waals surface area (Å²) in [5, 5.41) is 4.89. The maximum atomic E-state index is 14.7. The highest BCUT2D eigenvalue weighted by Gasteiger charge is 2.36. The smallest absolute Gasteiger partial charge is 0.247 e. The number of hydrogen-bond donors (Lipinski definition) is 3. The Morgan fingerprint density at radius 3 is 2.34 bits per heavy atom. The first-order valence-electron chi connectivity index (χ1n) is 14.2. The third-order valence-corrected chi connectivity index (χ3v) is 8.23. The van der Waals surface area contributed by atoms with E-state index in [9.17, 15) is 23.6 Å². The van der Waals surface area contributed by atoms with Gasteiger partial charge in [0.25, 0.3) is 0 Å². The first kappa shape index (κ1) is 32.7. The van der Waals surface area contributed by atoms with Gasteiger partial charge in [0, 0.05) is 37.1 Å². The fourth-order valence-corrected chi connectivity index (χ4v) is 5.37. The molecule has 0 bridgehead atoms. The van der Waals surface area contributed by atoms with Gasteiger partial charge in [-0.05, 0) is 42.5 Å². The molecule has 0 spiro atoms. The predicted octanol–water partition coefficient (Wildman–Crippen LogP) is 5.82. The molecule has 2 atom stereocenters. The highest BCUT2D eigenvalue weighted by atomic mass is 35.5. The van der Waals surface area contributed by atoms with Gasteiger partial charge in [-0.25, -0.2) is 4.39 Å². The van der Waals surface area contributed by atoms with Crippen molar-refractivity contribution in [2.45, 2.75) is 57.2 Å². The summed E-state index contributed by atoms with van der Waals surface area (Å²) in [6.07, 6.45) is 1.10. The number of rotatable bonds is 12. The largest absolute Gasteiger partial charge is 0.403 e. The third kappa shape index (κ3) is 8.24. The highest BCUT2D eigenvalue weighted by Crippen LogP contribution is 2.30. The second-order valence-corrected chi connectivity index (χ2v) is 11.4. The molecule has 0 aliphatic carbocycles. The van der Waals surface area contributed by atoms with Crippen LogP contribution in [0.4, 0.5) is 10.1 Å². The third-order valence-electron chi connectivity index (χ3n) is 7.45. The van der Waals surface area contributed by atoms with E-state index < -0.39 is 29.7 Å². The Balaban J connectivity index is 1.53. The molecule has 1 unspecified atom stereocenters. The maximum absolute atomic E-state index is 14.7. The van der Waals surface area contributed by atoms with Crippen LogP contribution in [0.3, 0.4) is 0 Å². The van der Waals surface area contributed by atoms with E-state index in [1.165, 1.54) is 17.0 Å². The predicted molar refractivity (Wildman–Crippen MR) is 169 cm³/mol. The van der Waals surface area contributed by atoms with Gasteiger partial charge in [-0.1, -0.05) is 84.4 Å². The molecule has 44 heavy (non-hydrogen) atoms. The summed E-state index contributed by atoms with van der Waals surface area (Å²) in [6.45, 7) is 3.84. The van der Waals surface area contributed by atoms with Crippen LogP contribution in [0.1, 0.15) is 53.6 Å². The molecule has 8 nitrogen and oxygen atoms in total. The Kier molecular flexibility index (Phi) is 11.1. The lowest BCUT2D eigenvalue weighted by molar-refractivity contribution is -0.142. The van der Waals surface area contributed by atoms with Gasteiger partial charge in [-0.2, -0.15) is 0 Å². The number of amides is 3. The molecule has 1 aliphatic rings.